The maximum atomic E-state index is 11.3. The highest BCUT2D eigenvalue weighted by Gasteiger charge is 2.40. The molecule has 0 amide bonds. The minimum absolute atomic E-state index is 0.119. The molecule has 2 fully saturated rings. The van der Waals surface area contributed by atoms with Crippen LogP contribution in [0.3, 0.4) is 0 Å². The van der Waals surface area contributed by atoms with Gasteiger partial charge in [0, 0.05) is 31.2 Å². The number of methoxy groups -OCH3 is 1. The van der Waals surface area contributed by atoms with E-state index in [1.54, 1.807) is 0 Å². The zero-order valence-electron chi connectivity index (χ0n) is 10.5. The maximum absolute atomic E-state index is 11.3. The van der Waals surface area contributed by atoms with Crippen LogP contribution >= 0.6 is 0 Å². The summed E-state index contributed by atoms with van der Waals surface area (Å²) >= 11 is 0. The van der Waals surface area contributed by atoms with Crippen molar-refractivity contribution in [1.82, 2.24) is 9.80 Å². The van der Waals surface area contributed by atoms with Gasteiger partial charge in [0.25, 0.3) is 0 Å². The second-order valence-electron chi connectivity index (χ2n) is 5.02. The summed E-state index contributed by atoms with van der Waals surface area (Å²) in [6, 6.07) is 1.82. The third-order valence-corrected chi connectivity index (χ3v) is 4.21. The van der Waals surface area contributed by atoms with Crippen LogP contribution in [0, 0.1) is 0 Å². The Labute approximate surface area is 97.5 Å². The fourth-order valence-electron chi connectivity index (χ4n) is 3.12. The highest BCUT2D eigenvalue weighted by atomic mass is 16.5. The lowest BCUT2D eigenvalue weighted by Crippen LogP contribution is -2.58. The van der Waals surface area contributed by atoms with E-state index in [0.717, 1.165) is 13.1 Å². The molecule has 2 heterocycles. The van der Waals surface area contributed by atoms with Crippen molar-refractivity contribution in [3.05, 3.63) is 0 Å². The minimum atomic E-state index is -0.119. The predicted molar refractivity (Wildman–Crippen MR) is 62.2 cm³/mol. The summed E-state index contributed by atoms with van der Waals surface area (Å²) in [6.07, 6.45) is 2.56. The van der Waals surface area contributed by atoms with Gasteiger partial charge in [-0.1, -0.05) is 0 Å². The van der Waals surface area contributed by atoms with E-state index in [1.807, 2.05) is 0 Å². The molecule has 2 aliphatic heterocycles. The zero-order chi connectivity index (χ0) is 11.7. The molecular weight excluding hydrogens is 204 g/mol. The molecule has 0 N–H and O–H groups in total. The van der Waals surface area contributed by atoms with Crippen LogP contribution in [0.5, 0.6) is 0 Å². The SMILES string of the molecule is COC(=O)CN1CCN2C(C)CCC2C1C. The minimum Gasteiger partial charge on any atom is -0.468 e. The third-order valence-electron chi connectivity index (χ3n) is 4.21. The molecule has 3 atom stereocenters. The lowest BCUT2D eigenvalue weighted by molar-refractivity contribution is -0.143. The average Bonchev–Trinajstić information content (AvgIpc) is 2.65. The van der Waals surface area contributed by atoms with Gasteiger partial charge in [0.15, 0.2) is 0 Å². The number of carbonyl (C=O) groups is 1. The molecule has 16 heavy (non-hydrogen) atoms. The molecule has 0 radical (unpaired) electrons. The van der Waals surface area contributed by atoms with Crippen molar-refractivity contribution >= 4 is 5.97 Å². The van der Waals surface area contributed by atoms with Crippen molar-refractivity contribution in [2.45, 2.75) is 44.8 Å². The van der Waals surface area contributed by atoms with Gasteiger partial charge in [0.2, 0.25) is 0 Å². The first-order valence-electron chi connectivity index (χ1n) is 6.20. The first kappa shape index (κ1) is 11.9. The second-order valence-corrected chi connectivity index (χ2v) is 5.02. The van der Waals surface area contributed by atoms with Crippen LogP contribution < -0.4 is 0 Å². The Morgan fingerprint density at radius 1 is 1.31 bits per heavy atom. The molecule has 2 rings (SSSR count). The van der Waals surface area contributed by atoms with Crippen molar-refractivity contribution in [1.29, 1.82) is 0 Å². The van der Waals surface area contributed by atoms with Gasteiger partial charge in [-0.3, -0.25) is 14.6 Å². The van der Waals surface area contributed by atoms with Crippen LogP contribution in [-0.2, 0) is 9.53 Å². The molecule has 2 aliphatic rings. The maximum Gasteiger partial charge on any atom is 0.319 e. The number of esters is 1. The Kier molecular flexibility index (Phi) is 3.50. The van der Waals surface area contributed by atoms with Crippen LogP contribution in [0.4, 0.5) is 0 Å². The number of ether oxygens (including phenoxy) is 1. The highest BCUT2D eigenvalue weighted by Crippen LogP contribution is 2.30. The predicted octanol–water partition coefficient (Wildman–Crippen LogP) is 0.716. The molecule has 0 bridgehead atoms. The van der Waals surface area contributed by atoms with Gasteiger partial charge in [0.05, 0.1) is 13.7 Å². The fraction of sp³-hybridized carbons (Fsp3) is 0.917. The van der Waals surface area contributed by atoms with E-state index in [2.05, 4.69) is 23.6 Å². The normalized spacial score (nSPS) is 36.1. The Bertz CT molecular complexity index is 270. The van der Waals surface area contributed by atoms with Crippen LogP contribution in [0.25, 0.3) is 0 Å². The summed E-state index contributed by atoms with van der Waals surface area (Å²) in [5.41, 5.74) is 0. The van der Waals surface area contributed by atoms with Crippen LogP contribution in [0.2, 0.25) is 0 Å². The average molecular weight is 226 g/mol. The van der Waals surface area contributed by atoms with E-state index in [1.165, 1.54) is 20.0 Å². The van der Waals surface area contributed by atoms with E-state index in [4.69, 9.17) is 4.74 Å². The van der Waals surface area contributed by atoms with Crippen LogP contribution in [0.15, 0.2) is 0 Å². The Balaban J connectivity index is 1.97. The highest BCUT2D eigenvalue weighted by molar-refractivity contribution is 5.71. The Hall–Kier alpha value is -0.610. The quantitative estimate of drug-likeness (QED) is 0.649. The second kappa shape index (κ2) is 4.72. The first-order valence-corrected chi connectivity index (χ1v) is 6.20. The van der Waals surface area contributed by atoms with Crippen LogP contribution in [0.1, 0.15) is 26.7 Å². The molecule has 4 nitrogen and oxygen atoms in total. The lowest BCUT2D eigenvalue weighted by Gasteiger charge is -2.44. The number of piperazine rings is 1. The van der Waals surface area contributed by atoms with Gasteiger partial charge in [-0.15, -0.1) is 0 Å². The number of hydrogen-bond donors (Lipinski definition) is 0. The van der Waals surface area contributed by atoms with E-state index in [-0.39, 0.29) is 5.97 Å². The molecule has 0 saturated carbocycles. The summed E-state index contributed by atoms with van der Waals surface area (Å²) in [4.78, 5) is 16.2. The molecule has 0 aromatic rings. The van der Waals surface area contributed by atoms with E-state index < -0.39 is 0 Å². The van der Waals surface area contributed by atoms with Crippen molar-refractivity contribution < 1.29 is 9.53 Å². The van der Waals surface area contributed by atoms with Gasteiger partial charge in [-0.2, -0.15) is 0 Å². The molecule has 4 heteroatoms. The van der Waals surface area contributed by atoms with E-state index >= 15 is 0 Å². The van der Waals surface area contributed by atoms with Gasteiger partial charge in [-0.25, -0.2) is 0 Å². The molecule has 92 valence electrons. The zero-order valence-corrected chi connectivity index (χ0v) is 10.5. The first-order chi connectivity index (χ1) is 7.63. The fourth-order valence-corrected chi connectivity index (χ4v) is 3.12. The molecule has 0 aliphatic carbocycles. The van der Waals surface area contributed by atoms with Gasteiger partial charge in [0.1, 0.15) is 0 Å². The Morgan fingerprint density at radius 2 is 2.06 bits per heavy atom. The monoisotopic (exact) mass is 226 g/mol. The van der Waals surface area contributed by atoms with Crippen LogP contribution in [-0.4, -0.2) is 60.6 Å². The molecule has 0 spiro atoms. The van der Waals surface area contributed by atoms with Gasteiger partial charge >= 0.3 is 5.97 Å². The summed E-state index contributed by atoms with van der Waals surface area (Å²) < 4.78 is 4.74. The topological polar surface area (TPSA) is 32.8 Å². The van der Waals surface area contributed by atoms with Crippen molar-refractivity contribution in [2.75, 3.05) is 26.7 Å². The largest absolute Gasteiger partial charge is 0.468 e. The Morgan fingerprint density at radius 3 is 2.75 bits per heavy atom. The smallest absolute Gasteiger partial charge is 0.319 e. The van der Waals surface area contributed by atoms with Gasteiger partial charge < -0.3 is 4.74 Å². The van der Waals surface area contributed by atoms with Crippen molar-refractivity contribution in [3.63, 3.8) is 0 Å². The number of hydrogen-bond acceptors (Lipinski definition) is 4. The molecule has 2 saturated heterocycles. The summed E-state index contributed by atoms with van der Waals surface area (Å²) in [6.45, 7) is 7.06. The molecule has 3 unspecified atom stereocenters. The summed E-state index contributed by atoms with van der Waals surface area (Å²) in [7, 11) is 1.46. The summed E-state index contributed by atoms with van der Waals surface area (Å²) in [5.74, 6) is -0.119. The number of fused-ring (bicyclic) bond motifs is 1. The number of nitrogens with zero attached hydrogens (tertiary/aromatic N) is 2. The third kappa shape index (κ3) is 2.09. The standard InChI is InChI=1S/C12H22N2O2/c1-9-4-5-11-10(2)13(6-7-14(9)11)8-12(15)16-3/h9-11H,4-8H2,1-3H3. The summed E-state index contributed by atoms with van der Waals surface area (Å²) in [5, 5.41) is 0. The van der Waals surface area contributed by atoms with Crippen molar-refractivity contribution in [2.24, 2.45) is 0 Å². The molecular formula is C12H22N2O2. The van der Waals surface area contributed by atoms with Gasteiger partial charge in [-0.05, 0) is 26.7 Å². The lowest BCUT2D eigenvalue weighted by atomic mass is 10.0. The molecule has 0 aromatic carbocycles. The number of carbonyl (C=O) groups excluding carboxylic acids is 1. The van der Waals surface area contributed by atoms with Crippen molar-refractivity contribution in [3.8, 4) is 0 Å². The van der Waals surface area contributed by atoms with E-state index in [0.29, 0.717) is 24.7 Å². The number of rotatable bonds is 2. The molecule has 0 aromatic heterocycles. The van der Waals surface area contributed by atoms with E-state index in [9.17, 15) is 4.79 Å².